The van der Waals surface area contributed by atoms with E-state index in [-0.39, 0.29) is 0 Å². The molecule has 0 aliphatic carbocycles. The van der Waals surface area contributed by atoms with E-state index in [1.54, 1.807) is 11.0 Å². The number of hydrogen-bond donors (Lipinski definition) is 0. The minimum Gasteiger partial charge on any atom is -0.344 e. The summed E-state index contributed by atoms with van der Waals surface area (Å²) in [6, 6.07) is 0. The molecule has 2 nitrogen and oxygen atoms in total. The minimum atomic E-state index is -0.416. The van der Waals surface area contributed by atoms with Gasteiger partial charge in [-0.3, -0.25) is 0 Å². The van der Waals surface area contributed by atoms with Gasteiger partial charge in [0.05, 0.1) is 13.2 Å². The zero-order valence-corrected chi connectivity index (χ0v) is 20.6. The van der Waals surface area contributed by atoms with Crippen LogP contribution in [0.1, 0.15) is 125 Å². The first kappa shape index (κ1) is 26.8. The van der Waals surface area contributed by atoms with Crippen LogP contribution in [0.3, 0.4) is 0 Å². The van der Waals surface area contributed by atoms with Crippen LogP contribution in [0.5, 0.6) is 0 Å². The average Bonchev–Trinajstić information content (AvgIpc) is 3.20. The predicted molar refractivity (Wildman–Crippen MR) is 130 cm³/mol. The lowest BCUT2D eigenvalue weighted by Crippen LogP contribution is -2.36. The van der Waals surface area contributed by atoms with Crippen molar-refractivity contribution in [3.63, 3.8) is 0 Å². The van der Waals surface area contributed by atoms with Gasteiger partial charge in [-0.1, -0.05) is 117 Å². The van der Waals surface area contributed by atoms with Crippen LogP contribution in [-0.2, 0) is 9.47 Å². The van der Waals surface area contributed by atoms with E-state index >= 15 is 0 Å². The van der Waals surface area contributed by atoms with Crippen LogP contribution < -0.4 is 0 Å². The summed E-state index contributed by atoms with van der Waals surface area (Å²) in [5.74, 6) is -0.416. The van der Waals surface area contributed by atoms with E-state index in [4.69, 9.17) is 9.47 Å². The first-order valence-electron chi connectivity index (χ1n) is 13.2. The van der Waals surface area contributed by atoms with Crippen LogP contribution in [0.25, 0.3) is 0 Å². The molecule has 170 valence electrons. The van der Waals surface area contributed by atoms with Gasteiger partial charge in [0.25, 0.3) is 0 Å². The van der Waals surface area contributed by atoms with Crippen molar-refractivity contribution in [2.75, 3.05) is 13.2 Å². The van der Waals surface area contributed by atoms with Gasteiger partial charge in [0, 0.05) is 6.42 Å². The highest BCUT2D eigenvalue weighted by molar-refractivity contribution is 6.66. The molecule has 1 fully saturated rings. The first-order valence-corrected chi connectivity index (χ1v) is 13.2. The van der Waals surface area contributed by atoms with Crippen LogP contribution >= 0.6 is 0 Å². The lowest BCUT2D eigenvalue weighted by Gasteiger charge is -2.35. The molecule has 1 rings (SSSR count). The molecular weight excluding hydrogens is 355 g/mol. The summed E-state index contributed by atoms with van der Waals surface area (Å²) < 4.78 is 12.9. The number of rotatable bonds is 18. The van der Waals surface area contributed by atoms with Crippen molar-refractivity contribution in [3.05, 3.63) is 11.0 Å². The molecule has 0 aromatic rings. The topological polar surface area (TPSA) is 18.5 Å². The molecule has 1 heterocycles. The summed E-state index contributed by atoms with van der Waals surface area (Å²) in [4.78, 5) is 0. The van der Waals surface area contributed by atoms with Crippen molar-refractivity contribution in [1.82, 2.24) is 0 Å². The summed E-state index contributed by atoms with van der Waals surface area (Å²) in [5, 5.41) is 0. The van der Waals surface area contributed by atoms with E-state index in [2.05, 4.69) is 34.6 Å². The molecule has 0 N–H and O–H groups in total. The maximum atomic E-state index is 6.44. The second-order valence-electron chi connectivity index (χ2n) is 9.10. The average molecular weight is 407 g/mol. The molecule has 29 heavy (non-hydrogen) atoms. The first-order chi connectivity index (χ1) is 14.2. The molecular formula is C26H51BO2. The Bertz CT molecular complexity index is 418. The van der Waals surface area contributed by atoms with E-state index < -0.39 is 5.79 Å². The summed E-state index contributed by atoms with van der Waals surface area (Å²) in [6.07, 6.45) is 20.3. The Kier molecular flexibility index (Phi) is 15.2. The molecule has 0 radical (unpaired) electrons. The van der Waals surface area contributed by atoms with Gasteiger partial charge in [-0.05, 0) is 24.8 Å². The van der Waals surface area contributed by atoms with Gasteiger partial charge in [0.2, 0.25) is 0 Å². The Morgan fingerprint density at radius 2 is 1.24 bits per heavy atom. The third-order valence-electron chi connectivity index (χ3n) is 6.57. The van der Waals surface area contributed by atoms with Crippen LogP contribution in [0.15, 0.2) is 11.0 Å². The second kappa shape index (κ2) is 16.4. The lowest BCUT2D eigenvalue weighted by molar-refractivity contribution is -0.133. The van der Waals surface area contributed by atoms with Crippen molar-refractivity contribution in [2.45, 2.75) is 143 Å². The highest BCUT2D eigenvalue weighted by atomic mass is 16.7. The van der Waals surface area contributed by atoms with E-state index in [1.165, 1.54) is 89.7 Å². The summed E-state index contributed by atoms with van der Waals surface area (Å²) in [5.41, 5.74) is 3.30. The second-order valence-corrected chi connectivity index (χ2v) is 9.10. The third-order valence-corrected chi connectivity index (χ3v) is 6.57. The van der Waals surface area contributed by atoms with E-state index in [0.29, 0.717) is 0 Å². The Labute approximate surface area is 183 Å². The monoisotopic (exact) mass is 406 g/mol. The van der Waals surface area contributed by atoms with Gasteiger partial charge in [0.15, 0.2) is 12.5 Å². The summed E-state index contributed by atoms with van der Waals surface area (Å²) >= 11 is 0. The molecule has 1 aliphatic heterocycles. The Balaban J connectivity index is 3.31. The molecule has 0 unspecified atom stereocenters. The maximum absolute atomic E-state index is 6.44. The smallest absolute Gasteiger partial charge is 0.190 e. The maximum Gasteiger partial charge on any atom is 0.190 e. The fraction of sp³-hybridized carbons (Fsp3) is 0.923. The number of allylic oxidation sites excluding steroid dienone is 1. The molecule has 0 spiro atoms. The molecule has 0 saturated carbocycles. The zero-order chi connectivity index (χ0) is 21.4. The van der Waals surface area contributed by atoms with Gasteiger partial charge >= 0.3 is 0 Å². The van der Waals surface area contributed by atoms with Crippen molar-refractivity contribution in [2.24, 2.45) is 0 Å². The predicted octanol–water partition coefficient (Wildman–Crippen LogP) is 8.62. The van der Waals surface area contributed by atoms with Crippen LogP contribution in [0.2, 0.25) is 12.6 Å². The molecule has 0 aromatic heterocycles. The van der Waals surface area contributed by atoms with Crippen LogP contribution in [-0.4, -0.2) is 25.7 Å². The van der Waals surface area contributed by atoms with Crippen LogP contribution in [0.4, 0.5) is 0 Å². The van der Waals surface area contributed by atoms with Gasteiger partial charge in [-0.15, -0.1) is 0 Å². The van der Waals surface area contributed by atoms with Crippen molar-refractivity contribution in [3.8, 4) is 0 Å². The van der Waals surface area contributed by atoms with E-state index in [9.17, 15) is 0 Å². The number of ether oxygens (including phenoxy) is 2. The van der Waals surface area contributed by atoms with Gasteiger partial charge in [-0.25, -0.2) is 0 Å². The van der Waals surface area contributed by atoms with Crippen molar-refractivity contribution in [1.29, 1.82) is 0 Å². The molecule has 0 atom stereocenters. The quantitative estimate of drug-likeness (QED) is 0.167. The van der Waals surface area contributed by atoms with E-state index in [1.807, 2.05) is 0 Å². The van der Waals surface area contributed by atoms with Crippen LogP contribution in [0, 0.1) is 0 Å². The van der Waals surface area contributed by atoms with E-state index in [0.717, 1.165) is 32.8 Å². The Morgan fingerprint density at radius 1 is 0.655 bits per heavy atom. The highest BCUT2D eigenvalue weighted by Gasteiger charge is 2.41. The fourth-order valence-corrected chi connectivity index (χ4v) is 4.94. The largest absolute Gasteiger partial charge is 0.344 e. The number of hydrogen-bond acceptors (Lipinski definition) is 2. The molecule has 0 aromatic carbocycles. The zero-order valence-electron chi connectivity index (χ0n) is 20.6. The highest BCUT2D eigenvalue weighted by Crippen LogP contribution is 2.40. The number of unbranched alkanes of at least 4 members (excludes halogenated alkanes) is 6. The van der Waals surface area contributed by atoms with Crippen molar-refractivity contribution < 1.29 is 9.47 Å². The normalized spacial score (nSPS) is 16.9. The Morgan fingerprint density at radius 3 is 1.76 bits per heavy atom. The van der Waals surface area contributed by atoms with Crippen molar-refractivity contribution >= 4 is 6.71 Å². The Hall–Kier alpha value is -0.275. The van der Waals surface area contributed by atoms with Gasteiger partial charge in [-0.2, -0.15) is 0 Å². The third kappa shape index (κ3) is 9.17. The standard InChI is InChI=1S/C26H51BO2/c1-6-11-15-16-17-24(26(19-10-5)28-22-23-29-26)25(18-12-7-2)27(20-13-8-3)21-14-9-4/h6-23H2,1-5H3/b25-24-. The minimum absolute atomic E-state index is 0.416. The molecule has 1 aliphatic rings. The SMILES string of the molecule is CCCCCC/C(=C(\CCCC)B(CCCC)CCCC)C1(CCC)OCCO1. The molecule has 3 heteroatoms. The summed E-state index contributed by atoms with van der Waals surface area (Å²) in [7, 11) is 0. The fourth-order valence-electron chi connectivity index (χ4n) is 4.94. The molecule has 0 amide bonds. The molecule has 1 saturated heterocycles. The lowest BCUT2D eigenvalue weighted by atomic mass is 9.37. The molecule has 0 bridgehead atoms. The summed E-state index contributed by atoms with van der Waals surface area (Å²) in [6.45, 7) is 13.8. The van der Waals surface area contributed by atoms with Gasteiger partial charge in [0.1, 0.15) is 0 Å². The van der Waals surface area contributed by atoms with Gasteiger partial charge < -0.3 is 9.47 Å².